The lowest BCUT2D eigenvalue weighted by Crippen LogP contribution is -2.63. The first-order chi connectivity index (χ1) is 10.8. The summed E-state index contributed by atoms with van der Waals surface area (Å²) in [5.41, 5.74) is 0. The first-order valence-corrected chi connectivity index (χ1v) is 16.8. The maximum absolute atomic E-state index is 13.0. The van der Waals surface area contributed by atoms with Gasteiger partial charge < -0.3 is 5.21 Å². The minimum atomic E-state index is -1.80. The van der Waals surface area contributed by atoms with E-state index in [1.165, 1.54) is 0 Å². The predicted octanol–water partition coefficient (Wildman–Crippen LogP) is 5.30. The molecule has 0 radical (unpaired) electrons. The average molecular weight is 412 g/mol. The summed E-state index contributed by atoms with van der Waals surface area (Å²) in [4.78, 5) is 13.7. The van der Waals surface area contributed by atoms with Crippen molar-refractivity contribution in [1.29, 1.82) is 0 Å². The van der Waals surface area contributed by atoms with Crippen LogP contribution >= 0.6 is 23.2 Å². The minimum absolute atomic E-state index is 0.425. The maximum atomic E-state index is 13.0. The molecule has 0 aromatic heterocycles. The molecule has 24 heavy (non-hydrogen) atoms. The van der Waals surface area contributed by atoms with Crippen molar-refractivity contribution >= 4 is 39.3 Å². The van der Waals surface area contributed by atoms with Gasteiger partial charge in [-0.3, -0.25) is 0 Å². The van der Waals surface area contributed by atoms with Crippen molar-refractivity contribution in [1.82, 2.24) is 5.17 Å². The van der Waals surface area contributed by atoms with E-state index < -0.39 is 37.2 Å². The summed E-state index contributed by atoms with van der Waals surface area (Å²) >= 11 is 13.9. The Kier molecular flexibility index (Phi) is 5.62. The second kappa shape index (κ2) is 6.52. The van der Waals surface area contributed by atoms with E-state index in [4.69, 9.17) is 23.2 Å². The van der Waals surface area contributed by atoms with Gasteiger partial charge in [-0.25, -0.2) is 0 Å². The molecule has 8 heteroatoms. The topological polar surface area (TPSA) is 46.4 Å². The van der Waals surface area contributed by atoms with E-state index in [1.807, 2.05) is 0 Å². The number of alkyl halides is 2. The molecule has 4 atom stereocenters. The predicted molar refractivity (Wildman–Crippen MR) is 108 cm³/mol. The molecular weight excluding hydrogens is 379 g/mol. The van der Waals surface area contributed by atoms with Gasteiger partial charge in [-0.1, -0.05) is 39.3 Å². The van der Waals surface area contributed by atoms with Gasteiger partial charge in [0.15, 0.2) is 0 Å². The molecule has 0 saturated heterocycles. The van der Waals surface area contributed by atoms with Gasteiger partial charge in [0, 0.05) is 6.42 Å². The van der Waals surface area contributed by atoms with Gasteiger partial charge >= 0.3 is 0 Å². The molecule has 2 aliphatic rings. The second-order valence-electron chi connectivity index (χ2n) is 9.65. The molecule has 2 rings (SSSR count). The van der Waals surface area contributed by atoms with Crippen molar-refractivity contribution in [2.75, 3.05) is 0 Å². The maximum Gasteiger partial charge on any atom is 0.249 e. The summed E-state index contributed by atoms with van der Waals surface area (Å²) in [5.74, 6) is 0. The van der Waals surface area contributed by atoms with E-state index in [0.29, 0.717) is 22.9 Å². The van der Waals surface area contributed by atoms with E-state index in [-0.39, 0.29) is 0 Å². The number of hydrazine groups is 1. The molecule has 0 spiro atoms. The van der Waals surface area contributed by atoms with E-state index in [1.54, 1.807) is 0 Å². The number of hydroxylamine groups is 1. The van der Waals surface area contributed by atoms with Crippen LogP contribution in [-0.4, -0.2) is 47.3 Å². The number of rotatable bonds is 5. The standard InChI is InChI=1S/C16H32Cl2N2O2Si2/c1-23(2,3)15(17)11-7-9-13(15)19(21)20(22)14-10-8-12-16(14,18)24(4,5)6/h13-14H,7-12H2,1-6H3. The molecule has 2 saturated carbocycles. The normalized spacial score (nSPS) is 37.7. The molecule has 0 amide bonds. The third-order valence-corrected chi connectivity index (χ3v) is 16.8. The average Bonchev–Trinajstić information content (AvgIpc) is 3.01. The zero-order chi connectivity index (χ0) is 18.6. The van der Waals surface area contributed by atoms with Crippen LogP contribution in [0.1, 0.15) is 38.5 Å². The van der Waals surface area contributed by atoms with E-state index in [0.717, 1.165) is 25.7 Å². The van der Waals surface area contributed by atoms with Crippen LogP contribution in [0.3, 0.4) is 0 Å². The summed E-state index contributed by atoms with van der Waals surface area (Å²) < 4.78 is -1.08. The Balaban J connectivity index is 2.27. The SMILES string of the molecule is C[Si](C)(C)C1(Cl)CCCC1N([O-])[N+](=O)C1CCCC1(Cl)[Si](C)(C)C. The Morgan fingerprint density at radius 3 is 1.92 bits per heavy atom. The Bertz CT molecular complexity index is 509. The van der Waals surface area contributed by atoms with Gasteiger partial charge in [-0.05, 0) is 32.1 Å². The fourth-order valence-electron chi connectivity index (χ4n) is 4.49. The van der Waals surface area contributed by atoms with Crippen LogP contribution in [-0.2, 0) is 0 Å². The van der Waals surface area contributed by atoms with Gasteiger partial charge in [0.25, 0.3) is 0 Å². The number of halogens is 2. The highest BCUT2D eigenvalue weighted by Gasteiger charge is 2.61. The number of hydrogen-bond acceptors (Lipinski definition) is 2. The molecule has 0 aromatic carbocycles. The second-order valence-corrected chi connectivity index (χ2v) is 22.4. The first-order valence-electron chi connectivity index (χ1n) is 9.06. The van der Waals surface area contributed by atoms with Crippen LogP contribution < -0.4 is 0 Å². The minimum Gasteiger partial charge on any atom is -0.704 e. The fraction of sp³-hybridized carbons (Fsp3) is 1.00. The summed E-state index contributed by atoms with van der Waals surface area (Å²) in [6, 6.07) is -0.849. The molecule has 140 valence electrons. The van der Waals surface area contributed by atoms with Crippen molar-refractivity contribution in [3.63, 3.8) is 0 Å². The summed E-state index contributed by atoms with van der Waals surface area (Å²) in [7, 11) is -3.60. The van der Waals surface area contributed by atoms with Gasteiger partial charge in [0.2, 0.25) is 6.04 Å². The van der Waals surface area contributed by atoms with Gasteiger partial charge in [0.1, 0.15) is 9.37 Å². The Morgan fingerprint density at radius 2 is 1.42 bits per heavy atom. The zero-order valence-electron chi connectivity index (χ0n) is 15.9. The molecule has 0 aliphatic heterocycles. The zero-order valence-corrected chi connectivity index (χ0v) is 19.4. The molecule has 0 aromatic rings. The molecule has 0 heterocycles. The molecule has 0 N–H and O–H groups in total. The molecule has 4 nitrogen and oxygen atoms in total. The number of nitrogens with zero attached hydrogens (tertiary/aromatic N) is 2. The van der Waals surface area contributed by atoms with Crippen LogP contribution in [0.15, 0.2) is 0 Å². The highest BCUT2D eigenvalue weighted by Crippen LogP contribution is 2.48. The van der Waals surface area contributed by atoms with Crippen molar-refractivity contribution < 1.29 is 4.87 Å². The smallest absolute Gasteiger partial charge is 0.249 e. The summed E-state index contributed by atoms with van der Waals surface area (Å²) in [6.07, 6.45) is 4.87. The van der Waals surface area contributed by atoms with Crippen LogP contribution in [0.25, 0.3) is 0 Å². The van der Waals surface area contributed by atoms with Gasteiger partial charge in [0.05, 0.1) is 31.6 Å². The van der Waals surface area contributed by atoms with Gasteiger partial charge in [-0.2, -0.15) is 5.17 Å². The quantitative estimate of drug-likeness (QED) is 0.267. The Labute approximate surface area is 158 Å². The largest absolute Gasteiger partial charge is 0.704 e. The summed E-state index contributed by atoms with van der Waals surface area (Å²) in [6.45, 7) is 13.1. The van der Waals surface area contributed by atoms with Crippen molar-refractivity contribution in [2.45, 2.75) is 98.9 Å². The lowest BCUT2D eigenvalue weighted by Gasteiger charge is -2.45. The van der Waals surface area contributed by atoms with Crippen LogP contribution in [0.5, 0.6) is 0 Å². The number of hydrogen-bond donors (Lipinski definition) is 0. The lowest BCUT2D eigenvalue weighted by molar-refractivity contribution is -0.729. The molecule has 4 unspecified atom stereocenters. The fourth-order valence-corrected chi connectivity index (χ4v) is 9.51. The Hall–Kier alpha value is 0.374. The molecule has 2 aliphatic carbocycles. The highest BCUT2D eigenvalue weighted by molar-refractivity contribution is 6.87. The van der Waals surface area contributed by atoms with E-state index >= 15 is 0 Å². The first kappa shape index (κ1) is 20.7. The lowest BCUT2D eigenvalue weighted by atomic mass is 10.2. The number of nitroso groups, excluding NO2 is 1. The van der Waals surface area contributed by atoms with Gasteiger partial charge in [-0.15, -0.1) is 23.2 Å². The Morgan fingerprint density at radius 1 is 0.958 bits per heavy atom. The van der Waals surface area contributed by atoms with Crippen molar-refractivity contribution in [3.05, 3.63) is 10.1 Å². The third-order valence-electron chi connectivity index (χ3n) is 6.31. The van der Waals surface area contributed by atoms with Crippen molar-refractivity contribution in [2.24, 2.45) is 0 Å². The summed E-state index contributed by atoms with van der Waals surface area (Å²) in [5, 5.41) is 13.7. The molecule has 0 bridgehead atoms. The van der Waals surface area contributed by atoms with Crippen LogP contribution in [0.4, 0.5) is 0 Å². The van der Waals surface area contributed by atoms with Crippen LogP contribution in [0.2, 0.25) is 39.3 Å². The monoisotopic (exact) mass is 410 g/mol. The highest BCUT2D eigenvalue weighted by atomic mass is 35.5. The molecular formula is C16H32Cl2N2O2Si2. The third kappa shape index (κ3) is 3.22. The van der Waals surface area contributed by atoms with Crippen LogP contribution in [0, 0.1) is 10.1 Å². The van der Waals surface area contributed by atoms with Crippen molar-refractivity contribution in [3.8, 4) is 0 Å². The van der Waals surface area contributed by atoms with E-state index in [2.05, 4.69) is 39.3 Å². The molecule has 2 fully saturated rings. The van der Waals surface area contributed by atoms with E-state index in [9.17, 15) is 10.1 Å².